The van der Waals surface area contributed by atoms with Crippen molar-refractivity contribution in [2.24, 2.45) is 0 Å². The molecular weight excluding hydrogens is 380 g/mol. The van der Waals surface area contributed by atoms with E-state index in [2.05, 4.69) is 10.3 Å². The number of aromatic nitrogens is 1. The number of rotatable bonds is 6. The van der Waals surface area contributed by atoms with Crippen molar-refractivity contribution in [3.63, 3.8) is 0 Å². The molecule has 1 aliphatic heterocycles. The van der Waals surface area contributed by atoms with Crippen molar-refractivity contribution in [2.75, 3.05) is 26.6 Å². The maximum Gasteiger partial charge on any atom is 0.256 e. The van der Waals surface area contributed by atoms with Crippen LogP contribution in [0.3, 0.4) is 0 Å². The Kier molecular flexibility index (Phi) is 5.30. The first-order chi connectivity index (χ1) is 14.6. The molecule has 0 spiro atoms. The number of methoxy groups -OCH3 is 3. The minimum Gasteiger partial charge on any atom is -0.495 e. The summed E-state index contributed by atoms with van der Waals surface area (Å²) in [7, 11) is 4.82. The Balaban J connectivity index is 1.73. The van der Waals surface area contributed by atoms with Crippen LogP contribution in [-0.2, 0) is 4.79 Å². The fourth-order valence-corrected chi connectivity index (χ4v) is 3.50. The first kappa shape index (κ1) is 19.4. The highest BCUT2D eigenvalue weighted by molar-refractivity contribution is 6.35. The highest BCUT2D eigenvalue weighted by atomic mass is 16.5. The summed E-state index contributed by atoms with van der Waals surface area (Å²) < 4.78 is 16.0. The zero-order valence-electron chi connectivity index (χ0n) is 17.0. The smallest absolute Gasteiger partial charge is 0.256 e. The van der Waals surface area contributed by atoms with E-state index in [9.17, 15) is 4.79 Å². The summed E-state index contributed by atoms with van der Waals surface area (Å²) in [6.07, 6.45) is 7.56. The lowest BCUT2D eigenvalue weighted by molar-refractivity contribution is -0.110. The van der Waals surface area contributed by atoms with Crippen molar-refractivity contribution in [1.29, 1.82) is 0 Å². The fourth-order valence-electron chi connectivity index (χ4n) is 3.50. The Morgan fingerprint density at radius 3 is 2.43 bits per heavy atom. The molecule has 6 heteroatoms. The van der Waals surface area contributed by atoms with E-state index in [-0.39, 0.29) is 5.91 Å². The van der Waals surface area contributed by atoms with E-state index in [0.717, 1.165) is 28.1 Å². The molecule has 1 aromatic heterocycles. The molecule has 0 aliphatic carbocycles. The number of carbonyl (C=O) groups is 1. The van der Waals surface area contributed by atoms with Gasteiger partial charge in [-0.2, -0.15) is 0 Å². The maximum absolute atomic E-state index is 12.6. The molecule has 2 aromatic carbocycles. The predicted octanol–water partition coefficient (Wildman–Crippen LogP) is 4.70. The van der Waals surface area contributed by atoms with Crippen LogP contribution in [0.5, 0.6) is 17.2 Å². The van der Waals surface area contributed by atoms with Gasteiger partial charge < -0.3 is 24.5 Å². The third-order valence-electron chi connectivity index (χ3n) is 4.97. The summed E-state index contributed by atoms with van der Waals surface area (Å²) >= 11 is 0. The predicted molar refractivity (Wildman–Crippen MR) is 119 cm³/mol. The fraction of sp³-hybridized carbons (Fsp3) is 0.125. The van der Waals surface area contributed by atoms with Crippen LogP contribution in [0.1, 0.15) is 22.4 Å². The number of benzene rings is 2. The summed E-state index contributed by atoms with van der Waals surface area (Å²) in [6, 6.07) is 13.3. The SMILES string of the molecule is COc1ccc(C=Cc2cccc3c2C(=Cc2[nH]ccc2OC)C(=O)N3)cc1OC. The summed E-state index contributed by atoms with van der Waals surface area (Å²) in [5.74, 6) is 1.88. The number of carbonyl (C=O) groups excluding carboxylic acids is 1. The molecule has 0 radical (unpaired) electrons. The first-order valence-electron chi connectivity index (χ1n) is 9.42. The number of anilines is 1. The van der Waals surface area contributed by atoms with Crippen LogP contribution >= 0.6 is 0 Å². The van der Waals surface area contributed by atoms with Crippen LogP contribution in [0, 0.1) is 0 Å². The van der Waals surface area contributed by atoms with E-state index in [1.165, 1.54) is 0 Å². The van der Waals surface area contributed by atoms with Gasteiger partial charge in [-0.25, -0.2) is 0 Å². The van der Waals surface area contributed by atoms with Crippen molar-refractivity contribution >= 4 is 35.4 Å². The number of hydrogen-bond acceptors (Lipinski definition) is 4. The number of aromatic amines is 1. The van der Waals surface area contributed by atoms with Gasteiger partial charge in [-0.05, 0) is 41.5 Å². The van der Waals surface area contributed by atoms with Crippen molar-refractivity contribution in [3.05, 3.63) is 71.0 Å². The van der Waals surface area contributed by atoms with Gasteiger partial charge in [0, 0.05) is 17.4 Å². The normalized spacial score (nSPS) is 14.1. The van der Waals surface area contributed by atoms with E-state index < -0.39 is 0 Å². The molecule has 30 heavy (non-hydrogen) atoms. The van der Waals surface area contributed by atoms with Gasteiger partial charge in [0.1, 0.15) is 5.75 Å². The Bertz CT molecular complexity index is 1160. The van der Waals surface area contributed by atoms with E-state index in [0.29, 0.717) is 22.8 Å². The molecule has 0 fully saturated rings. The minimum atomic E-state index is -0.145. The molecule has 3 aromatic rings. The summed E-state index contributed by atoms with van der Waals surface area (Å²) in [6.45, 7) is 0. The average molecular weight is 402 g/mol. The summed E-state index contributed by atoms with van der Waals surface area (Å²) in [5, 5.41) is 2.94. The highest BCUT2D eigenvalue weighted by Crippen LogP contribution is 2.37. The second kappa shape index (κ2) is 8.21. The van der Waals surface area contributed by atoms with Gasteiger partial charge in [0.15, 0.2) is 11.5 Å². The minimum absolute atomic E-state index is 0.145. The molecule has 1 aliphatic rings. The lowest BCUT2D eigenvalue weighted by atomic mass is 9.98. The van der Waals surface area contributed by atoms with E-state index in [4.69, 9.17) is 14.2 Å². The van der Waals surface area contributed by atoms with Gasteiger partial charge >= 0.3 is 0 Å². The molecule has 0 saturated carbocycles. The van der Waals surface area contributed by atoms with Gasteiger partial charge in [0.2, 0.25) is 0 Å². The number of ether oxygens (including phenoxy) is 3. The molecule has 0 bridgehead atoms. The quantitative estimate of drug-likeness (QED) is 0.463. The Morgan fingerprint density at radius 1 is 0.867 bits per heavy atom. The Morgan fingerprint density at radius 2 is 1.67 bits per heavy atom. The summed E-state index contributed by atoms with van der Waals surface area (Å²) in [5.41, 5.74) is 4.85. The molecule has 2 heterocycles. The monoisotopic (exact) mass is 402 g/mol. The van der Waals surface area contributed by atoms with Crippen LogP contribution in [0.15, 0.2) is 48.7 Å². The number of amides is 1. The second-order valence-electron chi connectivity index (χ2n) is 6.69. The van der Waals surface area contributed by atoms with E-state index in [1.807, 2.05) is 60.7 Å². The van der Waals surface area contributed by atoms with Crippen LogP contribution in [-0.4, -0.2) is 32.2 Å². The second-order valence-corrected chi connectivity index (χ2v) is 6.69. The van der Waals surface area contributed by atoms with Gasteiger partial charge in [0.05, 0.1) is 32.6 Å². The molecule has 6 nitrogen and oxygen atoms in total. The third kappa shape index (κ3) is 3.55. The molecule has 0 atom stereocenters. The van der Waals surface area contributed by atoms with E-state index >= 15 is 0 Å². The summed E-state index contributed by atoms with van der Waals surface area (Å²) in [4.78, 5) is 15.8. The Labute approximate surface area is 174 Å². The van der Waals surface area contributed by atoms with Gasteiger partial charge in [-0.3, -0.25) is 4.79 Å². The molecule has 0 saturated heterocycles. The largest absolute Gasteiger partial charge is 0.495 e. The highest BCUT2D eigenvalue weighted by Gasteiger charge is 2.26. The lowest BCUT2D eigenvalue weighted by Gasteiger charge is -2.08. The van der Waals surface area contributed by atoms with Crippen molar-refractivity contribution < 1.29 is 19.0 Å². The van der Waals surface area contributed by atoms with Crippen LogP contribution < -0.4 is 19.5 Å². The number of fused-ring (bicyclic) bond motifs is 1. The number of nitrogens with one attached hydrogen (secondary N) is 2. The zero-order chi connectivity index (χ0) is 21.1. The van der Waals surface area contributed by atoms with E-state index in [1.54, 1.807) is 27.5 Å². The van der Waals surface area contributed by atoms with Gasteiger partial charge in [-0.15, -0.1) is 0 Å². The van der Waals surface area contributed by atoms with Crippen LogP contribution in [0.2, 0.25) is 0 Å². The molecule has 0 unspecified atom stereocenters. The topological polar surface area (TPSA) is 72.6 Å². The number of H-pyrrole nitrogens is 1. The third-order valence-corrected chi connectivity index (χ3v) is 4.97. The van der Waals surface area contributed by atoms with Gasteiger partial charge in [0.25, 0.3) is 5.91 Å². The molecule has 4 rings (SSSR count). The molecular formula is C24H22N2O4. The maximum atomic E-state index is 12.6. The number of hydrogen-bond donors (Lipinski definition) is 2. The zero-order valence-corrected chi connectivity index (χ0v) is 17.0. The van der Waals surface area contributed by atoms with Gasteiger partial charge in [-0.1, -0.05) is 30.4 Å². The Hall–Kier alpha value is -3.93. The van der Waals surface area contributed by atoms with Crippen LogP contribution in [0.4, 0.5) is 5.69 Å². The molecule has 1 amide bonds. The molecule has 2 N–H and O–H groups in total. The average Bonchev–Trinajstić information content (AvgIpc) is 3.36. The van der Waals surface area contributed by atoms with Crippen molar-refractivity contribution in [3.8, 4) is 17.2 Å². The van der Waals surface area contributed by atoms with Crippen molar-refractivity contribution in [2.45, 2.75) is 0 Å². The first-order valence-corrected chi connectivity index (χ1v) is 9.42. The van der Waals surface area contributed by atoms with Crippen molar-refractivity contribution in [1.82, 2.24) is 4.98 Å². The molecule has 152 valence electrons. The lowest BCUT2D eigenvalue weighted by Crippen LogP contribution is -2.03. The van der Waals surface area contributed by atoms with Crippen LogP contribution in [0.25, 0.3) is 23.8 Å². The standard InChI is InChI=1S/C24H22N2O4/c1-28-20-11-12-25-19(20)14-17-23-16(5-4-6-18(23)26-24(17)27)9-7-15-8-10-21(29-2)22(13-15)30-3/h4-14,25H,1-3H3,(H,26,27).